The van der Waals surface area contributed by atoms with Gasteiger partial charge in [-0.25, -0.2) is 13.1 Å². The molecule has 18 heavy (non-hydrogen) atoms. The maximum Gasteiger partial charge on any atom is 0.240 e. The highest BCUT2D eigenvalue weighted by Gasteiger charge is 2.28. The van der Waals surface area contributed by atoms with Gasteiger partial charge in [0, 0.05) is 18.1 Å². The Balaban J connectivity index is 2.09. The van der Waals surface area contributed by atoms with E-state index >= 15 is 0 Å². The van der Waals surface area contributed by atoms with E-state index < -0.39 is 10.0 Å². The molecular weight excluding hydrogens is 248 g/mol. The molecule has 1 aliphatic rings. The zero-order chi connectivity index (χ0) is 13.2. The minimum Gasteiger partial charge on any atom is -0.310 e. The Morgan fingerprint density at radius 3 is 2.44 bits per heavy atom. The van der Waals surface area contributed by atoms with Crippen molar-refractivity contribution in [3.8, 4) is 0 Å². The molecule has 0 radical (unpaired) electrons. The molecule has 1 aromatic rings. The molecule has 0 amide bonds. The fraction of sp³-hybridized carbons (Fsp3) is 0.538. The zero-order valence-corrected chi connectivity index (χ0v) is 11.6. The standard InChI is InChI=1S/C13H20N2O2S/c1-10-8-9-13(11(2)14-10)15-18(16,17)12-6-4-3-5-7-12/h3-7,10-11,13-15H,8-9H2,1-2H3. The number of hydrogen-bond donors (Lipinski definition) is 2. The molecule has 2 rings (SSSR count). The first-order valence-corrected chi connectivity index (χ1v) is 7.81. The quantitative estimate of drug-likeness (QED) is 0.873. The summed E-state index contributed by atoms with van der Waals surface area (Å²) < 4.78 is 27.2. The first kappa shape index (κ1) is 13.5. The third-order valence-electron chi connectivity index (χ3n) is 3.42. The average Bonchev–Trinajstić information content (AvgIpc) is 2.34. The van der Waals surface area contributed by atoms with Gasteiger partial charge in [-0.15, -0.1) is 0 Å². The van der Waals surface area contributed by atoms with Crippen molar-refractivity contribution in [3.05, 3.63) is 30.3 Å². The van der Waals surface area contributed by atoms with Crippen LogP contribution in [0.5, 0.6) is 0 Å². The van der Waals surface area contributed by atoms with E-state index in [0.717, 1.165) is 12.8 Å². The van der Waals surface area contributed by atoms with Crippen LogP contribution in [0.25, 0.3) is 0 Å². The number of hydrogen-bond acceptors (Lipinski definition) is 3. The molecule has 3 atom stereocenters. The number of benzene rings is 1. The van der Waals surface area contributed by atoms with Crippen LogP contribution in [-0.4, -0.2) is 26.5 Å². The van der Waals surface area contributed by atoms with Crippen LogP contribution in [0.4, 0.5) is 0 Å². The van der Waals surface area contributed by atoms with Crippen LogP contribution in [0.3, 0.4) is 0 Å². The van der Waals surface area contributed by atoms with Gasteiger partial charge in [0.05, 0.1) is 4.90 Å². The molecule has 0 spiro atoms. The number of sulfonamides is 1. The van der Waals surface area contributed by atoms with Gasteiger partial charge in [0.15, 0.2) is 0 Å². The molecule has 0 saturated carbocycles. The highest BCUT2D eigenvalue weighted by molar-refractivity contribution is 7.89. The number of piperidine rings is 1. The third kappa shape index (κ3) is 3.10. The van der Waals surface area contributed by atoms with E-state index in [-0.39, 0.29) is 12.1 Å². The Hall–Kier alpha value is -0.910. The summed E-state index contributed by atoms with van der Waals surface area (Å²) in [5, 5.41) is 3.38. The Morgan fingerprint density at radius 1 is 1.17 bits per heavy atom. The van der Waals surface area contributed by atoms with Gasteiger partial charge >= 0.3 is 0 Å². The van der Waals surface area contributed by atoms with Gasteiger partial charge in [-0.3, -0.25) is 0 Å². The van der Waals surface area contributed by atoms with Crippen molar-refractivity contribution >= 4 is 10.0 Å². The second kappa shape index (κ2) is 5.38. The lowest BCUT2D eigenvalue weighted by atomic mass is 9.96. The fourth-order valence-corrected chi connectivity index (χ4v) is 3.73. The van der Waals surface area contributed by atoms with E-state index in [0.29, 0.717) is 10.9 Å². The highest BCUT2D eigenvalue weighted by atomic mass is 32.2. The molecule has 1 heterocycles. The van der Waals surface area contributed by atoms with E-state index in [1.165, 1.54) is 0 Å². The third-order valence-corrected chi connectivity index (χ3v) is 4.93. The lowest BCUT2D eigenvalue weighted by Gasteiger charge is -2.34. The summed E-state index contributed by atoms with van der Waals surface area (Å²) in [6, 6.07) is 9.10. The summed E-state index contributed by atoms with van der Waals surface area (Å²) in [7, 11) is -3.40. The summed E-state index contributed by atoms with van der Waals surface area (Å²) in [5.41, 5.74) is 0. The van der Waals surface area contributed by atoms with Crippen molar-refractivity contribution < 1.29 is 8.42 Å². The number of rotatable bonds is 3. The molecule has 2 N–H and O–H groups in total. The second-order valence-corrected chi connectivity index (χ2v) is 6.69. The van der Waals surface area contributed by atoms with Crippen LogP contribution in [0.2, 0.25) is 0 Å². The first-order valence-electron chi connectivity index (χ1n) is 6.32. The van der Waals surface area contributed by atoms with Crippen LogP contribution in [0.1, 0.15) is 26.7 Å². The molecule has 0 bridgehead atoms. The molecule has 5 heteroatoms. The van der Waals surface area contributed by atoms with Crippen molar-refractivity contribution in [2.45, 2.75) is 49.7 Å². The molecule has 0 aromatic heterocycles. The molecule has 4 nitrogen and oxygen atoms in total. The van der Waals surface area contributed by atoms with Gasteiger partial charge in [0.25, 0.3) is 0 Å². The summed E-state index contributed by atoms with van der Waals surface area (Å²) in [6.07, 6.45) is 1.87. The lowest BCUT2D eigenvalue weighted by molar-refractivity contribution is 0.297. The highest BCUT2D eigenvalue weighted by Crippen LogP contribution is 2.16. The molecule has 1 aromatic carbocycles. The monoisotopic (exact) mass is 268 g/mol. The first-order chi connectivity index (χ1) is 8.49. The zero-order valence-electron chi connectivity index (χ0n) is 10.8. The molecule has 0 aliphatic carbocycles. The molecule has 1 fully saturated rings. The SMILES string of the molecule is CC1CCC(NS(=O)(=O)c2ccccc2)C(C)N1. The van der Waals surface area contributed by atoms with Gasteiger partial charge < -0.3 is 5.32 Å². The van der Waals surface area contributed by atoms with Gasteiger partial charge in [-0.05, 0) is 38.8 Å². The van der Waals surface area contributed by atoms with Crippen molar-refractivity contribution in [2.24, 2.45) is 0 Å². The van der Waals surface area contributed by atoms with Crippen LogP contribution in [0.15, 0.2) is 35.2 Å². The minimum absolute atomic E-state index is 0.0357. The van der Waals surface area contributed by atoms with Gasteiger partial charge in [-0.1, -0.05) is 18.2 Å². The summed E-state index contributed by atoms with van der Waals surface area (Å²) in [4.78, 5) is 0.329. The van der Waals surface area contributed by atoms with Crippen molar-refractivity contribution in [1.82, 2.24) is 10.0 Å². The lowest BCUT2D eigenvalue weighted by Crippen LogP contribution is -2.54. The van der Waals surface area contributed by atoms with Gasteiger partial charge in [0.2, 0.25) is 10.0 Å². The Bertz CT molecular complexity index is 487. The fourth-order valence-electron chi connectivity index (χ4n) is 2.36. The summed E-state index contributed by atoms with van der Waals surface area (Å²) >= 11 is 0. The number of nitrogens with one attached hydrogen (secondary N) is 2. The summed E-state index contributed by atoms with van der Waals surface area (Å²) in [6.45, 7) is 4.15. The molecular formula is C13H20N2O2S. The second-order valence-electron chi connectivity index (χ2n) is 4.97. The normalized spacial score (nSPS) is 29.1. The van der Waals surface area contributed by atoms with Crippen molar-refractivity contribution in [3.63, 3.8) is 0 Å². The Labute approximate surface area is 109 Å². The molecule has 1 aliphatic heterocycles. The van der Waals surface area contributed by atoms with E-state index in [1.54, 1.807) is 24.3 Å². The molecule has 3 unspecified atom stereocenters. The van der Waals surface area contributed by atoms with E-state index in [2.05, 4.69) is 17.0 Å². The predicted molar refractivity (Wildman–Crippen MR) is 71.8 cm³/mol. The topological polar surface area (TPSA) is 58.2 Å². The molecule has 100 valence electrons. The largest absolute Gasteiger partial charge is 0.310 e. The van der Waals surface area contributed by atoms with E-state index in [4.69, 9.17) is 0 Å². The Kier molecular flexibility index (Phi) is 4.04. The van der Waals surface area contributed by atoms with Gasteiger partial charge in [0.1, 0.15) is 0 Å². The average molecular weight is 268 g/mol. The van der Waals surface area contributed by atoms with E-state index in [9.17, 15) is 8.42 Å². The molecule has 1 saturated heterocycles. The van der Waals surface area contributed by atoms with E-state index in [1.807, 2.05) is 13.0 Å². The predicted octanol–water partition coefficient (Wildman–Crippen LogP) is 1.49. The van der Waals surface area contributed by atoms with Crippen LogP contribution < -0.4 is 10.0 Å². The maximum absolute atomic E-state index is 12.2. The van der Waals surface area contributed by atoms with Crippen LogP contribution in [0, 0.1) is 0 Å². The van der Waals surface area contributed by atoms with Crippen LogP contribution in [-0.2, 0) is 10.0 Å². The van der Waals surface area contributed by atoms with Crippen molar-refractivity contribution in [2.75, 3.05) is 0 Å². The van der Waals surface area contributed by atoms with Crippen LogP contribution >= 0.6 is 0 Å². The van der Waals surface area contributed by atoms with Gasteiger partial charge in [-0.2, -0.15) is 0 Å². The Morgan fingerprint density at radius 2 is 1.83 bits per heavy atom. The maximum atomic E-state index is 12.2. The minimum atomic E-state index is -3.40. The summed E-state index contributed by atoms with van der Waals surface area (Å²) in [5.74, 6) is 0. The smallest absolute Gasteiger partial charge is 0.240 e. The van der Waals surface area contributed by atoms with Crippen molar-refractivity contribution in [1.29, 1.82) is 0 Å².